The highest BCUT2D eigenvalue weighted by atomic mass is 16.5. The van der Waals surface area contributed by atoms with Gasteiger partial charge in [0.25, 0.3) is 0 Å². The average molecular weight is 370 g/mol. The van der Waals surface area contributed by atoms with Crippen molar-refractivity contribution in [3.8, 4) is 11.5 Å². The number of hydrogen-bond acceptors (Lipinski definition) is 6. The molecule has 0 unspecified atom stereocenters. The summed E-state index contributed by atoms with van der Waals surface area (Å²) in [7, 11) is 3.13. The van der Waals surface area contributed by atoms with Gasteiger partial charge in [-0.1, -0.05) is 6.07 Å². The van der Waals surface area contributed by atoms with Crippen molar-refractivity contribution >= 4 is 17.3 Å². The van der Waals surface area contributed by atoms with Crippen molar-refractivity contribution in [3.63, 3.8) is 0 Å². The summed E-state index contributed by atoms with van der Waals surface area (Å²) < 4.78 is 21.3. The van der Waals surface area contributed by atoms with Crippen LogP contribution in [0.25, 0.3) is 5.57 Å². The lowest BCUT2D eigenvalue weighted by Gasteiger charge is -2.27. The largest absolute Gasteiger partial charge is 0.493 e. The van der Waals surface area contributed by atoms with Crippen molar-refractivity contribution < 1.29 is 28.2 Å². The molecule has 142 valence electrons. The summed E-state index contributed by atoms with van der Waals surface area (Å²) in [6.07, 6.45) is 3.52. The number of furan rings is 1. The fourth-order valence-electron chi connectivity index (χ4n) is 3.39. The minimum absolute atomic E-state index is 0.222. The topological polar surface area (TPSA) is 75.0 Å². The molecular weight excluding hydrogens is 348 g/mol. The number of allylic oxidation sites excluding steroid dienone is 2. The zero-order valence-corrected chi connectivity index (χ0v) is 15.6. The smallest absolute Gasteiger partial charge is 0.317 e. The van der Waals surface area contributed by atoms with Gasteiger partial charge in [0.1, 0.15) is 11.7 Å². The molecule has 2 atom stereocenters. The molecule has 0 saturated carbocycles. The Labute approximate surface area is 157 Å². The molecule has 27 heavy (non-hydrogen) atoms. The minimum atomic E-state index is -0.903. The molecule has 0 N–H and O–H groups in total. The van der Waals surface area contributed by atoms with E-state index in [1.807, 2.05) is 12.1 Å². The lowest BCUT2D eigenvalue weighted by atomic mass is 9.75. The second-order valence-corrected chi connectivity index (χ2v) is 6.20. The molecule has 0 amide bonds. The van der Waals surface area contributed by atoms with Crippen LogP contribution in [0.15, 0.2) is 47.1 Å². The fourth-order valence-corrected chi connectivity index (χ4v) is 3.39. The Balaban J connectivity index is 2.00. The molecule has 1 aromatic heterocycles. The number of hydrogen-bond donors (Lipinski definition) is 0. The molecule has 0 radical (unpaired) electrons. The van der Waals surface area contributed by atoms with Crippen molar-refractivity contribution in [2.45, 2.75) is 19.3 Å². The van der Waals surface area contributed by atoms with Gasteiger partial charge < -0.3 is 18.6 Å². The van der Waals surface area contributed by atoms with E-state index in [9.17, 15) is 9.59 Å². The molecule has 0 fully saturated rings. The van der Waals surface area contributed by atoms with E-state index in [-0.39, 0.29) is 12.4 Å². The van der Waals surface area contributed by atoms with Crippen molar-refractivity contribution in [2.75, 3.05) is 20.8 Å². The van der Waals surface area contributed by atoms with E-state index in [2.05, 4.69) is 0 Å². The van der Waals surface area contributed by atoms with Crippen LogP contribution in [0.4, 0.5) is 0 Å². The van der Waals surface area contributed by atoms with Crippen molar-refractivity contribution in [1.82, 2.24) is 0 Å². The van der Waals surface area contributed by atoms with Gasteiger partial charge in [0.15, 0.2) is 17.3 Å². The van der Waals surface area contributed by atoms with E-state index in [1.165, 1.54) is 12.3 Å². The second kappa shape index (κ2) is 8.12. The number of ether oxygens (including phenoxy) is 3. The maximum atomic E-state index is 12.8. The molecular formula is C21H22O6. The molecule has 2 aromatic rings. The van der Waals surface area contributed by atoms with Crippen LogP contribution in [-0.2, 0) is 14.3 Å². The predicted octanol–water partition coefficient (Wildman–Crippen LogP) is 3.62. The number of esters is 1. The Morgan fingerprint density at radius 3 is 2.59 bits per heavy atom. The van der Waals surface area contributed by atoms with Crippen molar-refractivity contribution in [1.29, 1.82) is 0 Å². The third-order valence-corrected chi connectivity index (χ3v) is 4.67. The van der Waals surface area contributed by atoms with Crippen LogP contribution >= 0.6 is 0 Å². The van der Waals surface area contributed by atoms with Gasteiger partial charge in [-0.15, -0.1) is 0 Å². The minimum Gasteiger partial charge on any atom is -0.493 e. The van der Waals surface area contributed by atoms with Crippen LogP contribution in [-0.4, -0.2) is 32.6 Å². The van der Waals surface area contributed by atoms with Gasteiger partial charge in [0, 0.05) is 5.92 Å². The molecule has 0 bridgehead atoms. The molecule has 0 spiro atoms. The molecule has 0 aliphatic heterocycles. The van der Waals surface area contributed by atoms with E-state index in [0.717, 1.165) is 11.1 Å². The second-order valence-electron chi connectivity index (χ2n) is 6.20. The molecule has 1 aliphatic rings. The summed E-state index contributed by atoms with van der Waals surface area (Å²) in [6.45, 7) is 1.94. The monoisotopic (exact) mass is 370 g/mol. The van der Waals surface area contributed by atoms with Gasteiger partial charge in [-0.2, -0.15) is 0 Å². The first kappa shape index (κ1) is 18.8. The first-order valence-corrected chi connectivity index (χ1v) is 8.75. The predicted molar refractivity (Wildman–Crippen MR) is 98.7 cm³/mol. The number of methoxy groups -OCH3 is 2. The summed E-state index contributed by atoms with van der Waals surface area (Å²) >= 11 is 0. The molecule has 6 nitrogen and oxygen atoms in total. The Kier molecular flexibility index (Phi) is 5.64. The van der Waals surface area contributed by atoms with E-state index in [4.69, 9.17) is 18.6 Å². The molecule has 1 aromatic carbocycles. The summed E-state index contributed by atoms with van der Waals surface area (Å²) in [5.41, 5.74) is 1.64. The summed E-state index contributed by atoms with van der Waals surface area (Å²) in [6, 6.07) is 9.00. The first-order chi connectivity index (χ1) is 13.1. The van der Waals surface area contributed by atoms with Gasteiger partial charge in [0.05, 0.1) is 27.1 Å². The number of carbonyl (C=O) groups excluding carboxylic acids is 2. The number of rotatable bonds is 6. The highest BCUT2D eigenvalue weighted by molar-refractivity contribution is 6.10. The number of ketones is 1. The van der Waals surface area contributed by atoms with Gasteiger partial charge in [-0.3, -0.25) is 9.59 Å². The zero-order valence-electron chi connectivity index (χ0n) is 15.6. The summed E-state index contributed by atoms with van der Waals surface area (Å²) in [5, 5.41) is 0. The SMILES string of the molecule is CCOC(=O)[C@H]1C(=O)C=C(c2ccc(OC)c(OC)c2)C[C@@H]1c1ccco1. The highest BCUT2D eigenvalue weighted by Crippen LogP contribution is 2.42. The van der Waals surface area contributed by atoms with Crippen LogP contribution in [0, 0.1) is 5.92 Å². The quantitative estimate of drug-likeness (QED) is 0.571. The molecule has 1 aliphatic carbocycles. The summed E-state index contributed by atoms with van der Waals surface area (Å²) in [4.78, 5) is 25.2. The molecule has 6 heteroatoms. The van der Waals surface area contributed by atoms with E-state index in [1.54, 1.807) is 39.3 Å². The Morgan fingerprint density at radius 1 is 1.19 bits per heavy atom. The molecule has 1 heterocycles. The van der Waals surface area contributed by atoms with Crippen LogP contribution in [0.5, 0.6) is 11.5 Å². The Morgan fingerprint density at radius 2 is 1.96 bits per heavy atom. The van der Waals surface area contributed by atoms with E-state index < -0.39 is 17.8 Å². The van der Waals surface area contributed by atoms with Gasteiger partial charge in [0.2, 0.25) is 0 Å². The lowest BCUT2D eigenvalue weighted by Crippen LogP contribution is -2.33. The third-order valence-electron chi connectivity index (χ3n) is 4.67. The maximum absolute atomic E-state index is 12.8. The van der Waals surface area contributed by atoms with Crippen LogP contribution in [0.3, 0.4) is 0 Å². The van der Waals surface area contributed by atoms with Gasteiger partial charge in [-0.05, 0) is 54.8 Å². The normalized spacial score (nSPS) is 19.4. The first-order valence-electron chi connectivity index (χ1n) is 8.75. The van der Waals surface area contributed by atoms with Crippen molar-refractivity contribution in [3.05, 3.63) is 54.0 Å². The maximum Gasteiger partial charge on any atom is 0.317 e. The molecule has 3 rings (SSSR count). The van der Waals surface area contributed by atoms with E-state index >= 15 is 0 Å². The van der Waals surface area contributed by atoms with Gasteiger partial charge in [-0.25, -0.2) is 0 Å². The number of carbonyl (C=O) groups is 2. The molecule has 0 saturated heterocycles. The average Bonchev–Trinajstić information content (AvgIpc) is 3.21. The Hall–Kier alpha value is -3.02. The highest BCUT2D eigenvalue weighted by Gasteiger charge is 2.41. The lowest BCUT2D eigenvalue weighted by molar-refractivity contribution is -0.151. The standard InChI is InChI=1S/C21H22O6/c1-4-26-21(23)20-15(17-6-5-9-27-17)10-14(11-16(20)22)13-7-8-18(24-2)19(12-13)25-3/h5-9,11-12,15,20H,4,10H2,1-3H3/t15-,20-/m1/s1. The summed E-state index contributed by atoms with van der Waals surface area (Å²) in [5.74, 6) is -0.356. The number of benzene rings is 1. The third kappa shape index (κ3) is 3.74. The zero-order chi connectivity index (χ0) is 19.4. The van der Waals surface area contributed by atoms with E-state index in [0.29, 0.717) is 23.7 Å². The van der Waals surface area contributed by atoms with Crippen LogP contribution in [0.1, 0.15) is 30.6 Å². The van der Waals surface area contributed by atoms with Crippen LogP contribution < -0.4 is 9.47 Å². The van der Waals surface area contributed by atoms with Crippen molar-refractivity contribution in [2.24, 2.45) is 5.92 Å². The fraction of sp³-hybridized carbons (Fsp3) is 0.333. The van der Waals surface area contributed by atoms with Gasteiger partial charge >= 0.3 is 5.97 Å². The Bertz CT molecular complexity index is 850. The van der Waals surface area contributed by atoms with Crippen LogP contribution in [0.2, 0.25) is 0 Å².